The van der Waals surface area contributed by atoms with Crippen LogP contribution in [0.3, 0.4) is 0 Å². The first-order valence-electron chi connectivity index (χ1n) is 9.57. The fraction of sp³-hybridized carbons (Fsp3) is 0.550. The van der Waals surface area contributed by atoms with Crippen LogP contribution in [-0.2, 0) is 30.9 Å². The molecule has 0 bridgehead atoms. The van der Waals surface area contributed by atoms with Crippen LogP contribution in [0.2, 0.25) is 0 Å². The summed E-state index contributed by atoms with van der Waals surface area (Å²) < 4.78 is 34.3. The van der Waals surface area contributed by atoms with Gasteiger partial charge in [0.25, 0.3) is 0 Å². The first kappa shape index (κ1) is 18.5. The molecule has 1 aromatic carbocycles. The second-order valence-electron chi connectivity index (χ2n) is 7.69. The summed E-state index contributed by atoms with van der Waals surface area (Å²) in [6.45, 7) is 10.7. The Bertz CT molecular complexity index is 815. The smallest absolute Gasteiger partial charge is 0.159 e. The molecule has 0 amide bonds. The molecular formula is C20H26F2N4O. The zero-order chi connectivity index (χ0) is 19.0. The maximum atomic E-state index is 13.5. The van der Waals surface area contributed by atoms with E-state index in [-0.39, 0.29) is 0 Å². The van der Waals surface area contributed by atoms with Crippen LogP contribution in [-0.4, -0.2) is 45.9 Å². The van der Waals surface area contributed by atoms with Crippen LogP contribution in [0.15, 0.2) is 18.2 Å². The van der Waals surface area contributed by atoms with Gasteiger partial charge in [-0.05, 0) is 31.5 Å². The highest BCUT2D eigenvalue weighted by atomic mass is 19.2. The second-order valence-corrected chi connectivity index (χ2v) is 7.69. The highest BCUT2D eigenvalue weighted by Crippen LogP contribution is 2.30. The fourth-order valence-corrected chi connectivity index (χ4v) is 3.93. The third-order valence-electron chi connectivity index (χ3n) is 5.31. The van der Waals surface area contributed by atoms with Gasteiger partial charge in [-0.15, -0.1) is 0 Å². The fourth-order valence-electron chi connectivity index (χ4n) is 3.93. The van der Waals surface area contributed by atoms with Crippen molar-refractivity contribution < 1.29 is 13.5 Å². The van der Waals surface area contributed by atoms with Crippen molar-refractivity contribution in [1.29, 1.82) is 0 Å². The van der Waals surface area contributed by atoms with Crippen molar-refractivity contribution in [1.82, 2.24) is 19.6 Å². The molecule has 0 aliphatic carbocycles. The topological polar surface area (TPSA) is 33.5 Å². The maximum absolute atomic E-state index is 13.5. The first-order valence-corrected chi connectivity index (χ1v) is 9.57. The van der Waals surface area contributed by atoms with Gasteiger partial charge in [0.2, 0.25) is 0 Å². The summed E-state index contributed by atoms with van der Waals surface area (Å²) in [5.74, 6) is -1.59. The Morgan fingerprint density at radius 2 is 1.81 bits per heavy atom. The monoisotopic (exact) mass is 376 g/mol. The van der Waals surface area contributed by atoms with Gasteiger partial charge in [0.05, 0.1) is 24.6 Å². The van der Waals surface area contributed by atoms with E-state index in [0.29, 0.717) is 12.6 Å². The number of rotatable bonds is 5. The number of fused-ring (bicyclic) bond motifs is 1. The van der Waals surface area contributed by atoms with Crippen molar-refractivity contribution in [2.45, 2.75) is 46.1 Å². The lowest BCUT2D eigenvalue weighted by molar-refractivity contribution is 0.0333. The SMILES string of the molecule is CC(C)n1nc(CN2CCOCC2)c2c1CN(Cc1ccc(F)c(F)c1)C2. The lowest BCUT2D eigenvalue weighted by Gasteiger charge is -2.26. The van der Waals surface area contributed by atoms with Gasteiger partial charge in [0, 0.05) is 50.9 Å². The average molecular weight is 376 g/mol. The Kier molecular flexibility index (Phi) is 5.25. The molecule has 1 fully saturated rings. The summed E-state index contributed by atoms with van der Waals surface area (Å²) in [7, 11) is 0. The molecule has 0 unspecified atom stereocenters. The zero-order valence-electron chi connectivity index (χ0n) is 15.9. The summed E-state index contributed by atoms with van der Waals surface area (Å²) in [5.41, 5.74) is 4.46. The van der Waals surface area contributed by atoms with Gasteiger partial charge in [-0.2, -0.15) is 5.10 Å². The Morgan fingerprint density at radius 3 is 2.52 bits per heavy atom. The number of benzene rings is 1. The largest absolute Gasteiger partial charge is 0.379 e. The van der Waals surface area contributed by atoms with E-state index in [2.05, 4.69) is 28.3 Å². The summed E-state index contributed by atoms with van der Waals surface area (Å²) in [6.07, 6.45) is 0. The van der Waals surface area contributed by atoms with Crippen LogP contribution in [0.5, 0.6) is 0 Å². The molecule has 0 atom stereocenters. The van der Waals surface area contributed by atoms with E-state index in [1.165, 1.54) is 23.4 Å². The predicted molar refractivity (Wildman–Crippen MR) is 98.0 cm³/mol. The molecule has 2 aliphatic heterocycles. The zero-order valence-corrected chi connectivity index (χ0v) is 15.9. The molecule has 0 N–H and O–H groups in total. The van der Waals surface area contributed by atoms with Gasteiger partial charge in [0.1, 0.15) is 0 Å². The van der Waals surface area contributed by atoms with Crippen molar-refractivity contribution in [2.75, 3.05) is 26.3 Å². The number of ether oxygens (including phenoxy) is 1. The Labute approximate surface area is 158 Å². The Hall–Kier alpha value is -1.83. The number of hydrogen-bond acceptors (Lipinski definition) is 4. The molecule has 0 radical (unpaired) electrons. The van der Waals surface area contributed by atoms with E-state index in [0.717, 1.165) is 57.2 Å². The minimum Gasteiger partial charge on any atom is -0.379 e. The molecule has 4 rings (SSSR count). The minimum absolute atomic E-state index is 0.292. The van der Waals surface area contributed by atoms with Gasteiger partial charge in [-0.3, -0.25) is 14.5 Å². The number of aromatic nitrogens is 2. The van der Waals surface area contributed by atoms with Crippen molar-refractivity contribution in [3.05, 3.63) is 52.3 Å². The van der Waals surface area contributed by atoms with Gasteiger partial charge >= 0.3 is 0 Å². The van der Waals surface area contributed by atoms with E-state index < -0.39 is 11.6 Å². The number of nitrogens with zero attached hydrogens (tertiary/aromatic N) is 4. The molecule has 5 nitrogen and oxygen atoms in total. The van der Waals surface area contributed by atoms with Crippen LogP contribution in [0.4, 0.5) is 8.78 Å². The summed E-state index contributed by atoms with van der Waals surface area (Å²) in [5, 5.41) is 4.89. The summed E-state index contributed by atoms with van der Waals surface area (Å²) >= 11 is 0. The van der Waals surface area contributed by atoms with E-state index in [9.17, 15) is 8.78 Å². The quantitative estimate of drug-likeness (QED) is 0.803. The molecule has 27 heavy (non-hydrogen) atoms. The lowest BCUT2D eigenvalue weighted by atomic mass is 10.2. The maximum Gasteiger partial charge on any atom is 0.159 e. The van der Waals surface area contributed by atoms with E-state index >= 15 is 0 Å². The second kappa shape index (κ2) is 7.66. The summed E-state index contributed by atoms with van der Waals surface area (Å²) in [6, 6.07) is 4.44. The molecule has 1 saturated heterocycles. The van der Waals surface area contributed by atoms with Gasteiger partial charge in [0.15, 0.2) is 11.6 Å². The molecule has 7 heteroatoms. The molecule has 146 valence electrons. The molecular weight excluding hydrogens is 350 g/mol. The normalized spacial score (nSPS) is 18.4. The molecule has 1 aromatic heterocycles. The van der Waals surface area contributed by atoms with Crippen molar-refractivity contribution in [3.8, 4) is 0 Å². The summed E-state index contributed by atoms with van der Waals surface area (Å²) in [4.78, 5) is 4.65. The minimum atomic E-state index is -0.799. The first-order chi connectivity index (χ1) is 13.0. The number of hydrogen-bond donors (Lipinski definition) is 0. The molecule has 0 saturated carbocycles. The van der Waals surface area contributed by atoms with Gasteiger partial charge in [-0.1, -0.05) is 6.07 Å². The number of halogens is 2. The predicted octanol–water partition coefficient (Wildman–Crippen LogP) is 3.09. The van der Waals surface area contributed by atoms with Crippen molar-refractivity contribution >= 4 is 0 Å². The molecule has 2 aromatic rings. The lowest BCUT2D eigenvalue weighted by Crippen LogP contribution is -2.36. The van der Waals surface area contributed by atoms with Crippen LogP contribution in [0, 0.1) is 11.6 Å². The number of morpholine rings is 1. The molecule has 3 heterocycles. The van der Waals surface area contributed by atoms with Crippen molar-refractivity contribution in [2.24, 2.45) is 0 Å². The van der Waals surface area contributed by atoms with Crippen LogP contribution < -0.4 is 0 Å². The third-order valence-corrected chi connectivity index (χ3v) is 5.31. The Balaban J connectivity index is 1.52. The average Bonchev–Trinajstić information content (AvgIpc) is 3.19. The van der Waals surface area contributed by atoms with Crippen LogP contribution in [0.1, 0.15) is 42.4 Å². The molecule has 2 aliphatic rings. The van der Waals surface area contributed by atoms with E-state index in [1.54, 1.807) is 6.07 Å². The van der Waals surface area contributed by atoms with Gasteiger partial charge in [-0.25, -0.2) is 8.78 Å². The highest BCUT2D eigenvalue weighted by molar-refractivity contribution is 5.31. The van der Waals surface area contributed by atoms with E-state index in [4.69, 9.17) is 9.84 Å². The molecule has 0 spiro atoms. The van der Waals surface area contributed by atoms with Gasteiger partial charge < -0.3 is 4.74 Å². The van der Waals surface area contributed by atoms with E-state index in [1.807, 2.05) is 0 Å². The Morgan fingerprint density at radius 1 is 1.04 bits per heavy atom. The standard InChI is InChI=1S/C20H26F2N4O/c1-14(2)26-20-13-25(10-15-3-4-17(21)18(22)9-15)11-16(20)19(23-26)12-24-5-7-27-8-6-24/h3-4,9,14H,5-8,10-13H2,1-2H3. The van der Waals surface area contributed by atoms with Crippen molar-refractivity contribution in [3.63, 3.8) is 0 Å². The van der Waals surface area contributed by atoms with Crippen LogP contribution in [0.25, 0.3) is 0 Å². The van der Waals surface area contributed by atoms with Crippen LogP contribution >= 0.6 is 0 Å². The highest BCUT2D eigenvalue weighted by Gasteiger charge is 2.29. The third kappa shape index (κ3) is 3.90.